The lowest BCUT2D eigenvalue weighted by Gasteiger charge is -2.50. The number of ether oxygens (including phenoxy) is 10. The van der Waals surface area contributed by atoms with Gasteiger partial charge in [-0.2, -0.15) is 0 Å². The van der Waals surface area contributed by atoms with Gasteiger partial charge in [0.1, 0.15) is 54.3 Å². The van der Waals surface area contributed by atoms with E-state index in [2.05, 4.69) is 79.7 Å². The fourth-order valence-electron chi connectivity index (χ4n) is 9.25. The summed E-state index contributed by atoms with van der Waals surface area (Å²) >= 11 is 1.68. The Hall–Kier alpha value is -5.51. The van der Waals surface area contributed by atoms with Gasteiger partial charge in [0.15, 0.2) is 6.29 Å². The van der Waals surface area contributed by atoms with Crippen molar-refractivity contribution in [3.63, 3.8) is 0 Å². The highest BCUT2D eigenvalue weighted by atomic mass is 32.2. The number of hydrogen-bond donors (Lipinski definition) is 0. The third kappa shape index (κ3) is 15.8. The summed E-state index contributed by atoms with van der Waals surface area (Å²) in [5, 5.41) is 0. The molecule has 9 rings (SSSR count). The molecule has 0 spiro atoms. The van der Waals surface area contributed by atoms with Crippen LogP contribution >= 0.6 is 11.8 Å². The Labute approximate surface area is 441 Å². The topological polar surface area (TPSA) is 92.3 Å². The van der Waals surface area contributed by atoms with Crippen molar-refractivity contribution in [2.75, 3.05) is 19.0 Å². The van der Waals surface area contributed by atoms with Crippen molar-refractivity contribution in [3.8, 4) is 0 Å². The molecule has 0 N–H and O–H groups in total. The second kappa shape index (κ2) is 29.0. The summed E-state index contributed by atoms with van der Waals surface area (Å²) < 4.78 is 70.6. The van der Waals surface area contributed by atoms with Gasteiger partial charge >= 0.3 is 0 Å². The Morgan fingerprint density at radius 1 is 0.324 bits per heavy atom. The molecule has 2 saturated heterocycles. The number of hydrogen-bond acceptors (Lipinski definition) is 11. The summed E-state index contributed by atoms with van der Waals surface area (Å²) in [5.74, 6) is 0.779. The molecule has 0 amide bonds. The van der Waals surface area contributed by atoms with E-state index >= 15 is 0 Å². The maximum absolute atomic E-state index is 7.59. The van der Waals surface area contributed by atoms with Gasteiger partial charge < -0.3 is 47.4 Å². The molecule has 0 aromatic heterocycles. The van der Waals surface area contributed by atoms with Crippen LogP contribution in [0.25, 0.3) is 0 Å². The van der Waals surface area contributed by atoms with E-state index in [1.165, 1.54) is 0 Å². The Kier molecular flexibility index (Phi) is 20.9. The van der Waals surface area contributed by atoms with Gasteiger partial charge in [-0.25, -0.2) is 0 Å². The van der Waals surface area contributed by atoms with Crippen LogP contribution in [0, 0.1) is 0 Å². The first-order valence-electron chi connectivity index (χ1n) is 25.8. The molecule has 2 aliphatic heterocycles. The van der Waals surface area contributed by atoms with Gasteiger partial charge in [-0.15, -0.1) is 11.8 Å². The Morgan fingerprint density at radius 3 is 0.986 bits per heavy atom. The zero-order valence-electron chi connectivity index (χ0n) is 42.0. The van der Waals surface area contributed by atoms with Crippen molar-refractivity contribution in [2.24, 2.45) is 0 Å². The highest BCUT2D eigenvalue weighted by molar-refractivity contribution is 7.99. The summed E-state index contributed by atoms with van der Waals surface area (Å²) in [5.41, 5.74) is 6.69. The van der Waals surface area contributed by atoms with Gasteiger partial charge in [-0.1, -0.05) is 219 Å². The monoisotopic (exact) mass is 1020 g/mol. The first-order valence-corrected chi connectivity index (χ1v) is 26.8. The van der Waals surface area contributed by atoms with Crippen LogP contribution in [0.2, 0.25) is 0 Å². The van der Waals surface area contributed by atoms with E-state index in [1.807, 2.05) is 140 Å². The molecule has 386 valence electrons. The van der Waals surface area contributed by atoms with Crippen LogP contribution in [-0.2, 0) is 93.6 Å². The Morgan fingerprint density at radius 2 is 0.622 bits per heavy atom. The minimum absolute atomic E-state index is 0.168. The molecule has 0 bridgehead atoms. The third-order valence-electron chi connectivity index (χ3n) is 13.0. The van der Waals surface area contributed by atoms with E-state index in [1.54, 1.807) is 11.8 Å². The van der Waals surface area contributed by atoms with Crippen molar-refractivity contribution in [2.45, 2.75) is 114 Å². The fourth-order valence-corrected chi connectivity index (χ4v) is 10.2. The molecule has 7 aromatic carbocycles. The molecule has 74 heavy (non-hydrogen) atoms. The van der Waals surface area contributed by atoms with Crippen LogP contribution in [0.3, 0.4) is 0 Å². The van der Waals surface area contributed by atoms with Gasteiger partial charge in [0.2, 0.25) is 0 Å². The molecule has 0 saturated carbocycles. The molecule has 7 aromatic rings. The zero-order chi connectivity index (χ0) is 50.4. The molecular weight excluding hydrogens is 949 g/mol. The van der Waals surface area contributed by atoms with Crippen LogP contribution in [0.5, 0.6) is 0 Å². The molecule has 0 unspecified atom stereocenters. The predicted octanol–water partition coefficient (Wildman–Crippen LogP) is 11.9. The van der Waals surface area contributed by atoms with Crippen molar-refractivity contribution in [3.05, 3.63) is 251 Å². The number of rotatable bonds is 27. The minimum Gasteiger partial charge on any atom is -0.374 e. The maximum atomic E-state index is 7.59. The van der Waals surface area contributed by atoms with E-state index < -0.39 is 60.6 Å². The van der Waals surface area contributed by atoms with Crippen molar-refractivity contribution in [1.29, 1.82) is 0 Å². The summed E-state index contributed by atoms with van der Waals surface area (Å²) in [4.78, 5) is 0. The van der Waals surface area contributed by atoms with Crippen molar-refractivity contribution >= 4 is 11.8 Å². The molecule has 2 fully saturated rings. The van der Waals surface area contributed by atoms with Crippen LogP contribution in [0.4, 0.5) is 0 Å². The van der Waals surface area contributed by atoms with E-state index in [-0.39, 0.29) is 26.4 Å². The standard InChI is InChI=1S/C63H68O10S/c1-2-74-63-61(70-44-53-36-22-9-23-37-53)59(68-42-51-32-18-7-19-33-51)57(55(72-63)46-65-39-48-26-12-4-13-27-48)73-62-60(69-43-52-34-20-8-21-35-52)58(67-41-50-30-16-6-17-31-50)56(66-40-49-28-14-5-15-29-49)54(71-62)45-64-38-47-24-10-3-11-25-47/h3-37,54-63H,2,38-46H2,1H3/t54-,55-,56-,57-,58+,59+,60-,61-,62+,63+/m1/s1. The molecule has 10 atom stereocenters. The first kappa shape index (κ1) is 53.3. The average molecular weight is 1020 g/mol. The van der Waals surface area contributed by atoms with Crippen molar-refractivity contribution in [1.82, 2.24) is 0 Å². The van der Waals surface area contributed by atoms with E-state index in [0.29, 0.717) is 33.0 Å². The second-order valence-corrected chi connectivity index (χ2v) is 19.8. The Bertz CT molecular complexity index is 2590. The number of thioether (sulfide) groups is 1. The largest absolute Gasteiger partial charge is 0.374 e. The van der Waals surface area contributed by atoms with Crippen LogP contribution in [0.1, 0.15) is 45.9 Å². The smallest absolute Gasteiger partial charge is 0.187 e. The first-order chi connectivity index (χ1) is 36.7. The quantitative estimate of drug-likeness (QED) is 0.0493. The summed E-state index contributed by atoms with van der Waals surface area (Å²) in [7, 11) is 0. The van der Waals surface area contributed by atoms with Gasteiger partial charge in [-0.3, -0.25) is 0 Å². The lowest BCUT2D eigenvalue weighted by atomic mass is 9.96. The van der Waals surface area contributed by atoms with Gasteiger partial charge in [0, 0.05) is 0 Å². The van der Waals surface area contributed by atoms with Crippen molar-refractivity contribution < 1.29 is 47.4 Å². The number of benzene rings is 7. The fraction of sp³-hybridized carbons (Fsp3) is 0.333. The molecule has 0 radical (unpaired) electrons. The van der Waals surface area contributed by atoms with E-state index in [9.17, 15) is 0 Å². The maximum Gasteiger partial charge on any atom is 0.187 e. The normalized spacial score (nSPS) is 23.9. The summed E-state index contributed by atoms with van der Waals surface area (Å²) in [6.45, 7) is 4.69. The molecule has 2 heterocycles. The third-order valence-corrected chi connectivity index (χ3v) is 14.1. The minimum atomic E-state index is -1.06. The zero-order valence-corrected chi connectivity index (χ0v) is 42.9. The van der Waals surface area contributed by atoms with Crippen LogP contribution in [0.15, 0.2) is 212 Å². The molecule has 10 nitrogen and oxygen atoms in total. The SMILES string of the molecule is CCS[C@@H]1O[C@H](COCc2ccccc2)[C@@H](O[C@@H]2O[C@H](COCc3ccccc3)[C@@H](OCc3ccccc3)[C@H](OCc3ccccc3)[C@H]2OCc2ccccc2)[C@H](OCc2ccccc2)[C@H]1OCc1ccccc1. The van der Waals surface area contributed by atoms with Crippen LogP contribution in [-0.4, -0.2) is 79.5 Å². The molecular formula is C63H68O10S. The van der Waals surface area contributed by atoms with Gasteiger partial charge in [0.25, 0.3) is 0 Å². The highest BCUT2D eigenvalue weighted by Crippen LogP contribution is 2.39. The molecule has 2 aliphatic rings. The molecule has 11 heteroatoms. The predicted molar refractivity (Wildman–Crippen MR) is 288 cm³/mol. The van der Waals surface area contributed by atoms with E-state index in [4.69, 9.17) is 47.4 Å². The van der Waals surface area contributed by atoms with Crippen LogP contribution < -0.4 is 0 Å². The van der Waals surface area contributed by atoms with Gasteiger partial charge in [-0.05, 0) is 44.7 Å². The summed E-state index contributed by atoms with van der Waals surface area (Å²) in [6.07, 6.45) is -6.66. The molecule has 0 aliphatic carbocycles. The second-order valence-electron chi connectivity index (χ2n) is 18.4. The summed E-state index contributed by atoms with van der Waals surface area (Å²) in [6, 6.07) is 71.0. The van der Waals surface area contributed by atoms with E-state index in [0.717, 1.165) is 44.7 Å². The average Bonchev–Trinajstić information content (AvgIpc) is 3.45. The Balaban J connectivity index is 1.11. The lowest BCUT2D eigenvalue weighted by Crippen LogP contribution is -2.66. The van der Waals surface area contributed by atoms with Gasteiger partial charge in [0.05, 0.1) is 59.5 Å². The highest BCUT2D eigenvalue weighted by Gasteiger charge is 2.54. The lowest BCUT2D eigenvalue weighted by molar-refractivity contribution is -0.360.